The van der Waals surface area contributed by atoms with Gasteiger partial charge in [-0.25, -0.2) is 13.2 Å². The van der Waals surface area contributed by atoms with E-state index in [0.29, 0.717) is 35.7 Å². The molecule has 2 aromatic rings. The first-order valence-electron chi connectivity index (χ1n) is 11.0. The molecule has 7 nitrogen and oxygen atoms in total. The van der Waals surface area contributed by atoms with Crippen molar-refractivity contribution in [1.82, 2.24) is 4.31 Å². The molecule has 1 N–H and O–H groups in total. The zero-order chi connectivity index (χ0) is 23.1. The molecular weight excluding hydrogens is 428 g/mol. The molecule has 0 aromatic heterocycles. The largest absolute Gasteiger partial charge is 0.459 e. The average Bonchev–Trinajstić information content (AvgIpc) is 2.78. The van der Waals surface area contributed by atoms with Crippen LogP contribution in [0.1, 0.15) is 55.5 Å². The Kier molecular flexibility index (Phi) is 8.04. The summed E-state index contributed by atoms with van der Waals surface area (Å²) in [5.74, 6) is -0.559. The van der Waals surface area contributed by atoms with Crippen LogP contribution < -0.4 is 5.32 Å². The molecule has 0 spiro atoms. The van der Waals surface area contributed by atoms with Gasteiger partial charge in [0, 0.05) is 25.2 Å². The standard InChI is InChI=1S/C24H30N2O5S/c1-18(2)31-24(28)20-9-11-21(12-10-20)25-23(27)15-8-19-6-13-22(14-7-19)32(29,30)26-16-4-3-5-17-26/h6-7,9-14,18H,3-5,8,15-17H2,1-2H3,(H,25,27). The molecule has 1 aliphatic rings. The van der Waals surface area contributed by atoms with Crippen LogP contribution in [0.4, 0.5) is 5.69 Å². The number of carbonyl (C=O) groups is 2. The Morgan fingerprint density at radius 1 is 0.969 bits per heavy atom. The van der Waals surface area contributed by atoms with Crippen LogP contribution in [-0.4, -0.2) is 43.8 Å². The molecule has 1 heterocycles. The second-order valence-electron chi connectivity index (χ2n) is 8.19. The number of nitrogens with zero attached hydrogens (tertiary/aromatic N) is 1. The fourth-order valence-corrected chi connectivity index (χ4v) is 5.05. The summed E-state index contributed by atoms with van der Waals surface area (Å²) >= 11 is 0. The van der Waals surface area contributed by atoms with E-state index in [9.17, 15) is 18.0 Å². The molecule has 0 radical (unpaired) electrons. The van der Waals surface area contributed by atoms with E-state index >= 15 is 0 Å². The number of nitrogens with one attached hydrogen (secondary N) is 1. The van der Waals surface area contributed by atoms with E-state index in [1.165, 1.54) is 0 Å². The number of esters is 1. The van der Waals surface area contributed by atoms with Crippen molar-refractivity contribution in [3.05, 3.63) is 59.7 Å². The van der Waals surface area contributed by atoms with Crippen LogP contribution in [-0.2, 0) is 26.0 Å². The lowest BCUT2D eigenvalue weighted by Crippen LogP contribution is -2.35. The SMILES string of the molecule is CC(C)OC(=O)c1ccc(NC(=O)CCc2ccc(S(=O)(=O)N3CCCCC3)cc2)cc1. The molecule has 1 fully saturated rings. The van der Waals surface area contributed by atoms with E-state index < -0.39 is 16.0 Å². The summed E-state index contributed by atoms with van der Waals surface area (Å²) in [5.41, 5.74) is 1.92. The number of benzene rings is 2. The van der Waals surface area contributed by atoms with Gasteiger partial charge < -0.3 is 10.1 Å². The summed E-state index contributed by atoms with van der Waals surface area (Å²) in [6.07, 6.45) is 3.43. The van der Waals surface area contributed by atoms with Gasteiger partial charge in [0.1, 0.15) is 0 Å². The topological polar surface area (TPSA) is 92.8 Å². The number of hydrogen-bond donors (Lipinski definition) is 1. The Morgan fingerprint density at radius 3 is 2.19 bits per heavy atom. The molecule has 2 aromatic carbocycles. The Balaban J connectivity index is 1.51. The lowest BCUT2D eigenvalue weighted by Gasteiger charge is -2.25. The second kappa shape index (κ2) is 10.7. The van der Waals surface area contributed by atoms with Gasteiger partial charge in [-0.05, 0) is 75.1 Å². The highest BCUT2D eigenvalue weighted by Crippen LogP contribution is 2.21. The summed E-state index contributed by atoms with van der Waals surface area (Å²) in [5, 5.41) is 2.80. The zero-order valence-electron chi connectivity index (χ0n) is 18.5. The number of carbonyl (C=O) groups excluding carboxylic acids is 2. The molecule has 1 amide bonds. The van der Waals surface area contributed by atoms with E-state index in [0.717, 1.165) is 24.8 Å². The van der Waals surface area contributed by atoms with Gasteiger partial charge in [-0.1, -0.05) is 18.6 Å². The normalized spacial score (nSPS) is 14.8. The van der Waals surface area contributed by atoms with Gasteiger partial charge in [0.25, 0.3) is 0 Å². The first-order chi connectivity index (χ1) is 15.3. The molecule has 1 saturated heterocycles. The Bertz CT molecular complexity index is 1030. The summed E-state index contributed by atoms with van der Waals surface area (Å²) < 4.78 is 32.1. The van der Waals surface area contributed by atoms with Crippen molar-refractivity contribution in [2.75, 3.05) is 18.4 Å². The molecule has 1 aliphatic heterocycles. The molecule has 0 saturated carbocycles. The monoisotopic (exact) mass is 458 g/mol. The Hall–Kier alpha value is -2.71. The second-order valence-corrected chi connectivity index (χ2v) is 10.1. The summed E-state index contributed by atoms with van der Waals surface area (Å²) in [7, 11) is -3.45. The van der Waals surface area contributed by atoms with E-state index in [4.69, 9.17) is 4.74 Å². The predicted molar refractivity (Wildman–Crippen MR) is 123 cm³/mol. The minimum atomic E-state index is -3.45. The lowest BCUT2D eigenvalue weighted by atomic mass is 10.1. The molecule has 32 heavy (non-hydrogen) atoms. The first kappa shape index (κ1) is 23.9. The maximum atomic E-state index is 12.7. The molecule has 172 valence electrons. The number of ether oxygens (including phenoxy) is 1. The minimum Gasteiger partial charge on any atom is -0.459 e. The Morgan fingerprint density at radius 2 is 1.59 bits per heavy atom. The number of piperidine rings is 1. The quantitative estimate of drug-likeness (QED) is 0.604. The fourth-order valence-electron chi connectivity index (χ4n) is 3.54. The zero-order valence-corrected chi connectivity index (χ0v) is 19.4. The van der Waals surface area contributed by atoms with Gasteiger partial charge in [-0.3, -0.25) is 4.79 Å². The van der Waals surface area contributed by atoms with Gasteiger partial charge in [0.05, 0.1) is 16.6 Å². The van der Waals surface area contributed by atoms with Crippen LogP contribution in [0.2, 0.25) is 0 Å². The smallest absolute Gasteiger partial charge is 0.338 e. The third-order valence-corrected chi connectivity index (χ3v) is 7.18. The van der Waals surface area contributed by atoms with Gasteiger partial charge in [0.15, 0.2) is 0 Å². The van der Waals surface area contributed by atoms with Crippen molar-refractivity contribution in [2.45, 2.75) is 57.0 Å². The van der Waals surface area contributed by atoms with Gasteiger partial charge in [-0.15, -0.1) is 0 Å². The summed E-state index contributed by atoms with van der Waals surface area (Å²) in [4.78, 5) is 24.4. The van der Waals surface area contributed by atoms with Gasteiger partial charge >= 0.3 is 5.97 Å². The predicted octanol–water partition coefficient (Wildman–Crippen LogP) is 4.00. The molecular formula is C24H30N2O5S. The van der Waals surface area contributed by atoms with E-state index in [1.807, 2.05) is 0 Å². The van der Waals surface area contributed by atoms with E-state index in [1.54, 1.807) is 66.7 Å². The minimum absolute atomic E-state index is 0.160. The average molecular weight is 459 g/mol. The van der Waals surface area contributed by atoms with E-state index in [2.05, 4.69) is 5.32 Å². The van der Waals surface area contributed by atoms with E-state index in [-0.39, 0.29) is 18.4 Å². The maximum Gasteiger partial charge on any atom is 0.338 e. The number of sulfonamides is 1. The third-order valence-electron chi connectivity index (χ3n) is 5.26. The number of anilines is 1. The summed E-state index contributed by atoms with van der Waals surface area (Å²) in [6, 6.07) is 13.3. The summed E-state index contributed by atoms with van der Waals surface area (Å²) in [6.45, 7) is 4.72. The number of amides is 1. The van der Waals surface area contributed by atoms with Gasteiger partial charge in [0.2, 0.25) is 15.9 Å². The highest BCUT2D eigenvalue weighted by atomic mass is 32.2. The third kappa shape index (κ3) is 6.40. The molecule has 0 unspecified atom stereocenters. The van der Waals surface area contributed by atoms with Crippen molar-refractivity contribution >= 4 is 27.6 Å². The number of rotatable bonds is 8. The van der Waals surface area contributed by atoms with Crippen molar-refractivity contribution in [2.24, 2.45) is 0 Å². The lowest BCUT2D eigenvalue weighted by molar-refractivity contribution is -0.116. The first-order valence-corrected chi connectivity index (χ1v) is 12.4. The van der Waals surface area contributed by atoms with Crippen LogP contribution in [0.3, 0.4) is 0 Å². The van der Waals surface area contributed by atoms with Crippen LogP contribution in [0.15, 0.2) is 53.4 Å². The molecule has 8 heteroatoms. The van der Waals surface area contributed by atoms with Crippen molar-refractivity contribution in [1.29, 1.82) is 0 Å². The highest BCUT2D eigenvalue weighted by Gasteiger charge is 2.25. The number of hydrogen-bond acceptors (Lipinski definition) is 5. The Labute approximate surface area is 189 Å². The molecule has 0 aliphatic carbocycles. The fraction of sp³-hybridized carbons (Fsp3) is 0.417. The molecule has 0 atom stereocenters. The van der Waals surface area contributed by atoms with Gasteiger partial charge in [-0.2, -0.15) is 4.31 Å². The van der Waals surface area contributed by atoms with Crippen molar-refractivity contribution in [3.63, 3.8) is 0 Å². The van der Waals surface area contributed by atoms with Crippen molar-refractivity contribution in [3.8, 4) is 0 Å². The van der Waals surface area contributed by atoms with Crippen LogP contribution >= 0.6 is 0 Å². The van der Waals surface area contributed by atoms with Crippen LogP contribution in [0.25, 0.3) is 0 Å². The maximum absolute atomic E-state index is 12.7. The number of aryl methyl sites for hydroxylation is 1. The van der Waals surface area contributed by atoms with Crippen LogP contribution in [0, 0.1) is 0 Å². The highest BCUT2D eigenvalue weighted by molar-refractivity contribution is 7.89. The molecule has 3 rings (SSSR count). The molecule has 0 bridgehead atoms. The van der Waals surface area contributed by atoms with Crippen LogP contribution in [0.5, 0.6) is 0 Å². The van der Waals surface area contributed by atoms with Crippen molar-refractivity contribution < 1.29 is 22.7 Å².